The highest BCUT2D eigenvalue weighted by Crippen LogP contribution is 2.62. The Morgan fingerprint density at radius 3 is 1.61 bits per heavy atom. The molecule has 0 atom stereocenters. The van der Waals surface area contributed by atoms with Crippen LogP contribution < -0.4 is 14.4 Å². The summed E-state index contributed by atoms with van der Waals surface area (Å²) in [5.74, 6) is 4.80. The lowest BCUT2D eigenvalue weighted by atomic mass is 9.76. The van der Waals surface area contributed by atoms with Crippen molar-refractivity contribution in [3.05, 3.63) is 77.2 Å². The van der Waals surface area contributed by atoms with Gasteiger partial charge in [-0.1, -0.05) is 36.2 Å². The third kappa shape index (κ3) is 1.21. The number of ether oxygens (including phenoxy) is 2. The molecule has 3 heterocycles. The Bertz CT molecular complexity index is 933. The zero-order valence-corrected chi connectivity index (χ0v) is 12.5. The van der Waals surface area contributed by atoms with Crippen LogP contribution in [-0.4, -0.2) is 7.05 Å². The Hall–Kier alpha value is -3.07. The smallest absolute Gasteiger partial charge is 0.0835 e. The summed E-state index contributed by atoms with van der Waals surface area (Å²) in [4.78, 5) is 2.22. The van der Waals surface area contributed by atoms with Crippen LogP contribution in [0.1, 0.15) is 16.7 Å². The molecule has 0 spiro atoms. The zero-order chi connectivity index (χ0) is 15.1. The van der Waals surface area contributed by atoms with Gasteiger partial charge in [0.25, 0.3) is 0 Å². The van der Waals surface area contributed by atoms with E-state index >= 15 is 0 Å². The van der Waals surface area contributed by atoms with E-state index in [0.717, 1.165) is 28.6 Å². The van der Waals surface area contributed by atoms with Crippen molar-refractivity contribution in [3.8, 4) is 23.0 Å². The van der Waals surface area contributed by atoms with Crippen LogP contribution in [0.3, 0.4) is 0 Å². The molecule has 0 N–H and O–H groups in total. The molecule has 0 aromatic heterocycles. The number of rotatable bonds is 0. The maximum Gasteiger partial charge on any atom is 0.0835 e. The molecule has 0 saturated carbocycles. The van der Waals surface area contributed by atoms with Gasteiger partial charge in [-0.05, 0) is 41.0 Å². The molecule has 0 aliphatic carbocycles. The number of hydrogen-bond acceptors (Lipinski definition) is 3. The van der Waals surface area contributed by atoms with Crippen LogP contribution in [0.15, 0.2) is 54.6 Å². The van der Waals surface area contributed by atoms with Crippen molar-refractivity contribution in [2.45, 2.75) is 0 Å². The van der Waals surface area contributed by atoms with Gasteiger partial charge in [-0.3, -0.25) is 0 Å². The van der Waals surface area contributed by atoms with Gasteiger partial charge in [0.1, 0.15) is 0 Å². The average molecular weight is 298 g/mol. The van der Waals surface area contributed by atoms with Gasteiger partial charge in [-0.2, -0.15) is 0 Å². The van der Waals surface area contributed by atoms with Gasteiger partial charge in [0, 0.05) is 18.4 Å². The van der Waals surface area contributed by atoms with Crippen molar-refractivity contribution in [1.82, 2.24) is 0 Å². The topological polar surface area (TPSA) is 21.7 Å². The lowest BCUT2D eigenvalue weighted by molar-refractivity contribution is 0.428. The standard InChI is InChI=1S/C20H12NO2/c1-21-11-5-2-7-13-17(11)20-18-12(21)6-3-8-14(18)23-16-10-4-9-15(22-13)19(16)20/h2-10H,1H3/q-1. The summed E-state index contributed by atoms with van der Waals surface area (Å²) in [7, 11) is 2.10. The second-order valence-corrected chi connectivity index (χ2v) is 6.07. The van der Waals surface area contributed by atoms with Crippen molar-refractivity contribution in [3.63, 3.8) is 0 Å². The van der Waals surface area contributed by atoms with E-state index < -0.39 is 0 Å². The summed E-state index contributed by atoms with van der Waals surface area (Å²) in [6.45, 7) is 0. The van der Waals surface area contributed by atoms with Gasteiger partial charge in [-0.25, -0.2) is 0 Å². The van der Waals surface area contributed by atoms with Gasteiger partial charge >= 0.3 is 0 Å². The van der Waals surface area contributed by atoms with E-state index in [2.05, 4.69) is 24.1 Å². The molecule has 0 amide bonds. The Labute approximate surface area is 133 Å². The highest BCUT2D eigenvalue weighted by atomic mass is 16.5. The first-order valence-electron chi connectivity index (χ1n) is 7.69. The average Bonchev–Trinajstić information content (AvgIpc) is 2.59. The Morgan fingerprint density at radius 1 is 0.652 bits per heavy atom. The van der Waals surface area contributed by atoms with Crippen molar-refractivity contribution in [2.24, 2.45) is 0 Å². The summed E-state index contributed by atoms with van der Waals surface area (Å²) < 4.78 is 12.3. The fourth-order valence-corrected chi connectivity index (χ4v) is 3.94. The number of benzene rings is 3. The summed E-state index contributed by atoms with van der Waals surface area (Å²) in [5, 5.41) is 0. The molecular weight excluding hydrogens is 286 g/mol. The van der Waals surface area contributed by atoms with E-state index in [1.165, 1.54) is 28.4 Å². The molecule has 0 unspecified atom stereocenters. The van der Waals surface area contributed by atoms with E-state index in [-0.39, 0.29) is 0 Å². The molecule has 0 saturated heterocycles. The van der Waals surface area contributed by atoms with Crippen LogP contribution in [0, 0.1) is 5.92 Å². The molecule has 3 aliphatic heterocycles. The predicted molar refractivity (Wildman–Crippen MR) is 88.1 cm³/mol. The summed E-state index contributed by atoms with van der Waals surface area (Å²) in [6.07, 6.45) is 0. The van der Waals surface area contributed by atoms with E-state index in [1.54, 1.807) is 0 Å². The van der Waals surface area contributed by atoms with E-state index in [4.69, 9.17) is 9.47 Å². The van der Waals surface area contributed by atoms with E-state index in [0.29, 0.717) is 0 Å². The lowest BCUT2D eigenvalue weighted by Crippen LogP contribution is -2.27. The van der Waals surface area contributed by atoms with Crippen molar-refractivity contribution >= 4 is 11.4 Å². The van der Waals surface area contributed by atoms with E-state index in [1.807, 2.05) is 42.5 Å². The number of nitrogens with zero attached hydrogens (tertiary/aromatic N) is 1. The highest BCUT2D eigenvalue weighted by Gasteiger charge is 2.37. The van der Waals surface area contributed by atoms with Gasteiger partial charge in [0.15, 0.2) is 0 Å². The van der Waals surface area contributed by atoms with Gasteiger partial charge < -0.3 is 14.4 Å². The van der Waals surface area contributed by atoms with Gasteiger partial charge in [-0.15, -0.1) is 0 Å². The maximum atomic E-state index is 6.17. The highest BCUT2D eigenvalue weighted by molar-refractivity contribution is 5.92. The molecular formula is C20H12NO2-. The Balaban J connectivity index is 1.81. The third-order valence-electron chi connectivity index (χ3n) is 4.91. The van der Waals surface area contributed by atoms with Crippen molar-refractivity contribution in [1.29, 1.82) is 0 Å². The molecule has 3 heteroatoms. The van der Waals surface area contributed by atoms with Crippen LogP contribution in [-0.2, 0) is 0 Å². The number of hydrogen-bond donors (Lipinski definition) is 0. The molecule has 3 aliphatic rings. The Kier molecular flexibility index (Phi) is 1.81. The second-order valence-electron chi connectivity index (χ2n) is 6.07. The molecule has 3 aromatic carbocycles. The summed E-state index contributed by atoms with van der Waals surface area (Å²) >= 11 is 0. The summed E-state index contributed by atoms with van der Waals surface area (Å²) in [5.41, 5.74) is 5.74. The fraction of sp³-hybridized carbons (Fsp3) is 0.0500. The normalized spacial score (nSPS) is 14.8. The first-order valence-corrected chi connectivity index (χ1v) is 7.69. The zero-order valence-electron chi connectivity index (χ0n) is 12.5. The van der Waals surface area contributed by atoms with Gasteiger partial charge in [0.05, 0.1) is 23.0 Å². The van der Waals surface area contributed by atoms with E-state index in [9.17, 15) is 0 Å². The van der Waals surface area contributed by atoms with Crippen LogP contribution in [0.2, 0.25) is 0 Å². The first-order chi connectivity index (χ1) is 11.3. The molecule has 23 heavy (non-hydrogen) atoms. The quantitative estimate of drug-likeness (QED) is 0.376. The van der Waals surface area contributed by atoms with Gasteiger partial charge in [0.2, 0.25) is 0 Å². The summed E-state index contributed by atoms with van der Waals surface area (Å²) in [6, 6.07) is 18.5. The molecule has 0 fully saturated rings. The minimum atomic E-state index is 0.868. The molecule has 110 valence electrons. The van der Waals surface area contributed by atoms with Crippen molar-refractivity contribution in [2.75, 3.05) is 11.9 Å². The molecule has 0 bridgehead atoms. The molecule has 3 nitrogen and oxygen atoms in total. The maximum absolute atomic E-state index is 6.17. The van der Waals surface area contributed by atoms with Crippen LogP contribution in [0.4, 0.5) is 11.4 Å². The largest absolute Gasteiger partial charge is 0.506 e. The lowest BCUT2D eigenvalue weighted by Gasteiger charge is -2.48. The second kappa shape index (κ2) is 3.63. The predicted octanol–water partition coefficient (Wildman–Crippen LogP) is 5.00. The number of anilines is 2. The molecule has 6 rings (SSSR count). The third-order valence-corrected chi connectivity index (χ3v) is 4.91. The first kappa shape index (κ1) is 11.5. The minimum absolute atomic E-state index is 0.868. The minimum Gasteiger partial charge on any atom is -0.506 e. The SMILES string of the molecule is CN1c2cccc3c2[C-]2c4c(cccc4Oc4cccc1c42)O3. The molecule has 0 radical (unpaired) electrons. The fourth-order valence-electron chi connectivity index (χ4n) is 3.94. The van der Waals surface area contributed by atoms with Crippen LogP contribution >= 0.6 is 0 Å². The van der Waals surface area contributed by atoms with Crippen LogP contribution in [0.5, 0.6) is 23.0 Å². The monoisotopic (exact) mass is 298 g/mol. The Morgan fingerprint density at radius 2 is 1.09 bits per heavy atom. The van der Waals surface area contributed by atoms with Crippen molar-refractivity contribution < 1.29 is 9.47 Å². The molecule has 3 aromatic rings. The van der Waals surface area contributed by atoms with Crippen LogP contribution in [0.25, 0.3) is 0 Å².